The van der Waals surface area contributed by atoms with Gasteiger partial charge in [0.1, 0.15) is 5.82 Å². The number of benzene rings is 1. The number of aliphatic hydroxyl groups excluding tert-OH is 1. The van der Waals surface area contributed by atoms with Crippen LogP contribution in [-0.2, 0) is 0 Å². The lowest BCUT2D eigenvalue weighted by atomic mass is 10.2. The Morgan fingerprint density at radius 2 is 2.12 bits per heavy atom. The van der Waals surface area contributed by atoms with E-state index in [4.69, 9.17) is 10.4 Å². The van der Waals surface area contributed by atoms with E-state index >= 15 is 0 Å². The minimum Gasteiger partial charge on any atom is -0.395 e. The van der Waals surface area contributed by atoms with Gasteiger partial charge in [-0.05, 0) is 18.2 Å². The summed E-state index contributed by atoms with van der Waals surface area (Å²) in [5.41, 5.74) is 0.0746. The van der Waals surface area contributed by atoms with Crippen LogP contribution in [0.25, 0.3) is 0 Å². The quantitative estimate of drug-likeness (QED) is 0.858. The van der Waals surface area contributed by atoms with Crippen LogP contribution < -0.4 is 4.90 Å². The zero-order valence-corrected chi connectivity index (χ0v) is 8.91. The topological polar surface area (TPSA) is 47.3 Å². The molecule has 3 nitrogen and oxygen atoms in total. The zero-order valence-electron chi connectivity index (χ0n) is 8.91. The van der Waals surface area contributed by atoms with E-state index in [9.17, 15) is 13.2 Å². The zero-order chi connectivity index (χ0) is 12.8. The maximum atomic E-state index is 13.5. The van der Waals surface area contributed by atoms with Crippen molar-refractivity contribution in [3.63, 3.8) is 0 Å². The molecule has 0 aliphatic rings. The first kappa shape index (κ1) is 13.3. The number of aliphatic hydroxyl groups is 1. The predicted octanol–water partition coefficient (Wildman–Crippen LogP) is 1.76. The molecule has 0 aliphatic carbocycles. The third kappa shape index (κ3) is 3.64. The van der Waals surface area contributed by atoms with Gasteiger partial charge < -0.3 is 10.0 Å². The number of anilines is 1. The van der Waals surface area contributed by atoms with Crippen LogP contribution in [0.3, 0.4) is 0 Å². The fraction of sp³-hybridized carbons (Fsp3) is 0.364. The van der Waals surface area contributed by atoms with Crippen molar-refractivity contribution in [1.82, 2.24) is 0 Å². The molecule has 0 bridgehead atoms. The molecule has 0 spiro atoms. The lowest BCUT2D eigenvalue weighted by Gasteiger charge is -2.23. The predicted molar refractivity (Wildman–Crippen MR) is 56.4 cm³/mol. The van der Waals surface area contributed by atoms with Crippen molar-refractivity contribution in [1.29, 1.82) is 5.26 Å². The van der Waals surface area contributed by atoms with E-state index in [-0.39, 0.29) is 24.4 Å². The molecule has 0 atom stereocenters. The first-order valence-electron chi connectivity index (χ1n) is 4.92. The summed E-state index contributed by atoms with van der Waals surface area (Å²) in [6.07, 6.45) is -2.63. The number of hydrogen-bond donors (Lipinski definition) is 1. The van der Waals surface area contributed by atoms with Crippen molar-refractivity contribution >= 4 is 5.69 Å². The van der Waals surface area contributed by atoms with E-state index in [1.165, 1.54) is 12.1 Å². The summed E-state index contributed by atoms with van der Waals surface area (Å²) in [6.45, 7) is -1.11. The van der Waals surface area contributed by atoms with Crippen LogP contribution in [0.5, 0.6) is 0 Å². The van der Waals surface area contributed by atoms with Crippen LogP contribution in [0.15, 0.2) is 18.2 Å². The largest absolute Gasteiger partial charge is 0.395 e. The second-order valence-corrected chi connectivity index (χ2v) is 3.34. The maximum Gasteiger partial charge on any atom is 0.255 e. The van der Waals surface area contributed by atoms with E-state index in [2.05, 4.69) is 0 Å². The normalized spacial score (nSPS) is 10.4. The van der Waals surface area contributed by atoms with E-state index < -0.39 is 18.8 Å². The molecular formula is C11H11F3N2O. The molecule has 1 rings (SSSR count). The molecule has 92 valence electrons. The van der Waals surface area contributed by atoms with Crippen molar-refractivity contribution in [3.8, 4) is 6.07 Å². The van der Waals surface area contributed by atoms with E-state index in [1.54, 1.807) is 6.07 Å². The van der Waals surface area contributed by atoms with Gasteiger partial charge >= 0.3 is 0 Å². The molecule has 0 aliphatic heterocycles. The molecule has 0 fully saturated rings. The van der Waals surface area contributed by atoms with Crippen molar-refractivity contribution in [2.75, 3.05) is 24.6 Å². The summed E-state index contributed by atoms with van der Waals surface area (Å²) < 4.78 is 38.1. The Hall–Kier alpha value is -1.74. The Labute approximate surface area is 96.7 Å². The highest BCUT2D eigenvalue weighted by Crippen LogP contribution is 2.21. The fourth-order valence-electron chi connectivity index (χ4n) is 1.43. The van der Waals surface area contributed by atoms with Crippen molar-refractivity contribution < 1.29 is 18.3 Å². The highest BCUT2D eigenvalue weighted by Gasteiger charge is 2.16. The molecule has 1 N–H and O–H groups in total. The minimum absolute atomic E-state index is 0.0432. The molecule has 6 heteroatoms. The van der Waals surface area contributed by atoms with E-state index in [0.29, 0.717) is 0 Å². The van der Waals surface area contributed by atoms with Crippen LogP contribution >= 0.6 is 0 Å². The molecule has 1 aromatic rings. The lowest BCUT2D eigenvalue weighted by molar-refractivity contribution is 0.152. The first-order chi connectivity index (χ1) is 8.08. The number of nitrogens with zero attached hydrogens (tertiary/aromatic N) is 2. The molecule has 0 aromatic heterocycles. The van der Waals surface area contributed by atoms with Crippen LogP contribution in [-0.4, -0.2) is 31.2 Å². The Morgan fingerprint density at radius 3 is 2.59 bits per heavy atom. The lowest BCUT2D eigenvalue weighted by Crippen LogP contribution is -2.32. The van der Waals surface area contributed by atoms with E-state index in [1.807, 2.05) is 0 Å². The summed E-state index contributed by atoms with van der Waals surface area (Å²) in [7, 11) is 0. The number of rotatable bonds is 5. The van der Waals surface area contributed by atoms with Gasteiger partial charge in [0.2, 0.25) is 0 Å². The van der Waals surface area contributed by atoms with Gasteiger partial charge in [0.25, 0.3) is 6.43 Å². The van der Waals surface area contributed by atoms with Crippen LogP contribution in [0.2, 0.25) is 0 Å². The van der Waals surface area contributed by atoms with Crippen LogP contribution in [0, 0.1) is 17.1 Å². The Bertz CT molecular complexity index is 418. The van der Waals surface area contributed by atoms with E-state index in [0.717, 1.165) is 11.0 Å². The van der Waals surface area contributed by atoms with Crippen LogP contribution in [0.1, 0.15) is 5.56 Å². The third-order valence-corrected chi connectivity index (χ3v) is 2.15. The Kier molecular flexibility index (Phi) is 4.79. The van der Waals surface area contributed by atoms with Crippen molar-refractivity contribution in [2.24, 2.45) is 0 Å². The summed E-state index contributed by atoms with van der Waals surface area (Å²) in [6, 6.07) is 5.33. The molecule has 0 amide bonds. The standard InChI is InChI=1S/C11H11F3N2O/c12-9-5-8(6-15)1-2-10(9)16(3-4-17)7-11(13)14/h1-2,5,11,17H,3-4,7H2. The monoisotopic (exact) mass is 244 g/mol. The van der Waals surface area contributed by atoms with Gasteiger partial charge in [-0.15, -0.1) is 0 Å². The average molecular weight is 244 g/mol. The number of nitriles is 1. The molecule has 0 heterocycles. The Morgan fingerprint density at radius 1 is 1.41 bits per heavy atom. The van der Waals surface area contributed by atoms with Gasteiger partial charge in [0.05, 0.1) is 30.5 Å². The molecule has 0 saturated carbocycles. The summed E-state index contributed by atoms with van der Waals surface area (Å²) in [4.78, 5) is 1.04. The van der Waals surface area contributed by atoms with Gasteiger partial charge in [0.15, 0.2) is 0 Å². The SMILES string of the molecule is N#Cc1ccc(N(CCO)CC(F)F)c(F)c1. The molecule has 1 aromatic carbocycles. The first-order valence-corrected chi connectivity index (χ1v) is 4.92. The molecular weight excluding hydrogens is 233 g/mol. The highest BCUT2D eigenvalue weighted by molar-refractivity contribution is 5.51. The van der Waals surface area contributed by atoms with Gasteiger partial charge in [-0.25, -0.2) is 13.2 Å². The van der Waals surface area contributed by atoms with Gasteiger partial charge in [-0.3, -0.25) is 0 Å². The highest BCUT2D eigenvalue weighted by atomic mass is 19.3. The van der Waals surface area contributed by atoms with Crippen molar-refractivity contribution in [2.45, 2.75) is 6.43 Å². The number of hydrogen-bond acceptors (Lipinski definition) is 3. The Balaban J connectivity index is 2.98. The molecule has 0 unspecified atom stereocenters. The van der Waals surface area contributed by atoms with Crippen molar-refractivity contribution in [3.05, 3.63) is 29.6 Å². The maximum absolute atomic E-state index is 13.5. The average Bonchev–Trinajstić information content (AvgIpc) is 2.27. The summed E-state index contributed by atoms with van der Waals surface area (Å²) in [5, 5.41) is 17.3. The summed E-state index contributed by atoms with van der Waals surface area (Å²) >= 11 is 0. The summed E-state index contributed by atoms with van der Waals surface area (Å²) in [5.74, 6) is -0.752. The van der Waals surface area contributed by atoms with Gasteiger partial charge in [-0.1, -0.05) is 0 Å². The minimum atomic E-state index is -2.63. The molecule has 17 heavy (non-hydrogen) atoms. The third-order valence-electron chi connectivity index (χ3n) is 2.15. The van der Waals surface area contributed by atoms with Gasteiger partial charge in [-0.2, -0.15) is 5.26 Å². The van der Waals surface area contributed by atoms with Gasteiger partial charge in [0, 0.05) is 6.54 Å². The van der Waals surface area contributed by atoms with Crippen LogP contribution in [0.4, 0.5) is 18.9 Å². The second-order valence-electron chi connectivity index (χ2n) is 3.34. The smallest absolute Gasteiger partial charge is 0.255 e. The number of alkyl halides is 2. The number of halogens is 3. The second kappa shape index (κ2) is 6.11. The fourth-order valence-corrected chi connectivity index (χ4v) is 1.43. The molecule has 0 saturated heterocycles. The molecule has 0 radical (unpaired) electrons.